The van der Waals surface area contributed by atoms with Crippen molar-refractivity contribution in [3.8, 4) is 0 Å². The highest BCUT2D eigenvalue weighted by Gasteiger charge is 2.43. The van der Waals surface area contributed by atoms with Crippen LogP contribution in [0.4, 0.5) is 0 Å². The van der Waals surface area contributed by atoms with Gasteiger partial charge >= 0.3 is 0 Å². The summed E-state index contributed by atoms with van der Waals surface area (Å²) in [5, 5.41) is 11.1. The third-order valence-corrected chi connectivity index (χ3v) is 4.92. The van der Waals surface area contributed by atoms with Gasteiger partial charge in [-0.2, -0.15) is 5.10 Å². The van der Waals surface area contributed by atoms with Crippen molar-refractivity contribution in [3.63, 3.8) is 0 Å². The molecule has 3 aliphatic rings. The van der Waals surface area contributed by atoms with Gasteiger partial charge in [-0.3, -0.25) is 9.48 Å². The normalized spacial score (nSPS) is 36.2. The van der Waals surface area contributed by atoms with Crippen molar-refractivity contribution in [3.05, 3.63) is 18.0 Å². The summed E-state index contributed by atoms with van der Waals surface area (Å²) in [7, 11) is 0. The summed E-state index contributed by atoms with van der Waals surface area (Å²) in [5.74, 6) is 0.413. The molecule has 2 N–H and O–H groups in total. The quantitative estimate of drug-likeness (QED) is 0.833. The lowest BCUT2D eigenvalue weighted by molar-refractivity contribution is -0.126. The first-order valence-corrected chi connectivity index (χ1v) is 7.39. The molecule has 3 unspecified atom stereocenters. The van der Waals surface area contributed by atoms with E-state index in [-0.39, 0.29) is 17.9 Å². The number of hydrogen-bond acceptors (Lipinski definition) is 3. The van der Waals surface area contributed by atoms with E-state index in [0.717, 1.165) is 37.9 Å². The number of aromatic nitrogens is 2. The van der Waals surface area contributed by atoms with Gasteiger partial charge in [-0.1, -0.05) is 0 Å². The van der Waals surface area contributed by atoms with Gasteiger partial charge in [0.15, 0.2) is 0 Å². The number of carbonyl (C=O) groups excluding carboxylic acids is 1. The van der Waals surface area contributed by atoms with Crippen LogP contribution < -0.4 is 10.6 Å². The molecule has 2 bridgehead atoms. The van der Waals surface area contributed by atoms with Gasteiger partial charge in [0, 0.05) is 24.8 Å². The maximum absolute atomic E-state index is 12.5. The van der Waals surface area contributed by atoms with E-state index in [1.807, 2.05) is 16.9 Å². The molecule has 0 spiro atoms. The second-order valence-corrected chi connectivity index (χ2v) is 6.07. The predicted molar refractivity (Wildman–Crippen MR) is 70.4 cm³/mol. The zero-order valence-corrected chi connectivity index (χ0v) is 11.0. The number of nitrogens with one attached hydrogen (secondary N) is 2. The van der Waals surface area contributed by atoms with Crippen LogP contribution >= 0.6 is 0 Å². The fourth-order valence-electron chi connectivity index (χ4n) is 3.96. The van der Waals surface area contributed by atoms with Crippen molar-refractivity contribution in [2.75, 3.05) is 0 Å². The number of carbonyl (C=O) groups is 1. The van der Waals surface area contributed by atoms with Crippen molar-refractivity contribution in [1.82, 2.24) is 20.4 Å². The Hall–Kier alpha value is -1.36. The van der Waals surface area contributed by atoms with Crippen LogP contribution in [0.1, 0.15) is 43.8 Å². The van der Waals surface area contributed by atoms with Crippen LogP contribution in [-0.4, -0.2) is 27.8 Å². The molecule has 1 aromatic heterocycles. The summed E-state index contributed by atoms with van der Waals surface area (Å²) in [6.45, 7) is 0.977. The van der Waals surface area contributed by atoms with Crippen molar-refractivity contribution < 1.29 is 4.79 Å². The van der Waals surface area contributed by atoms with Gasteiger partial charge in [0.2, 0.25) is 5.91 Å². The number of amides is 1. The van der Waals surface area contributed by atoms with Crippen LogP contribution in [0.5, 0.6) is 0 Å². The molecule has 0 radical (unpaired) electrons. The first kappa shape index (κ1) is 11.5. The Kier molecular flexibility index (Phi) is 2.62. The van der Waals surface area contributed by atoms with Crippen molar-refractivity contribution in [2.45, 2.75) is 56.8 Å². The van der Waals surface area contributed by atoms with Crippen LogP contribution in [0.15, 0.2) is 12.3 Å². The average molecular weight is 260 g/mol. The fraction of sp³-hybridized carbons (Fsp3) is 0.714. The third-order valence-electron chi connectivity index (χ3n) is 4.92. The second-order valence-electron chi connectivity index (χ2n) is 6.07. The summed E-state index contributed by atoms with van der Waals surface area (Å²) >= 11 is 0. The van der Waals surface area contributed by atoms with Gasteiger partial charge in [0.05, 0.1) is 17.7 Å². The molecule has 5 heteroatoms. The molecule has 2 fully saturated rings. The standard InChI is InChI=1S/C14H20N4O/c19-14(10-8-9-3-4-11(10)16-9)17-12-2-1-7-18-13(12)5-6-15-18/h5-6,9-12,16H,1-4,7-8H2,(H,17,19)/t9?,10?,11?,12-/m1/s1. The largest absolute Gasteiger partial charge is 0.347 e. The van der Waals surface area contributed by atoms with E-state index in [0.29, 0.717) is 12.1 Å². The van der Waals surface area contributed by atoms with E-state index in [2.05, 4.69) is 15.7 Å². The Bertz CT molecular complexity index is 497. The van der Waals surface area contributed by atoms with Gasteiger partial charge in [-0.15, -0.1) is 0 Å². The highest BCUT2D eigenvalue weighted by molar-refractivity contribution is 5.80. The van der Waals surface area contributed by atoms with Crippen LogP contribution in [0.25, 0.3) is 0 Å². The van der Waals surface area contributed by atoms with Crippen LogP contribution in [0, 0.1) is 5.92 Å². The Morgan fingerprint density at radius 1 is 1.42 bits per heavy atom. The minimum atomic E-state index is 0.155. The molecule has 19 heavy (non-hydrogen) atoms. The Morgan fingerprint density at radius 3 is 3.16 bits per heavy atom. The van der Waals surface area contributed by atoms with Gasteiger partial charge in [-0.25, -0.2) is 0 Å². The summed E-state index contributed by atoms with van der Waals surface area (Å²) < 4.78 is 2.02. The van der Waals surface area contributed by atoms with Crippen molar-refractivity contribution in [2.24, 2.45) is 5.92 Å². The lowest BCUT2D eigenvalue weighted by Gasteiger charge is -2.27. The van der Waals surface area contributed by atoms with Gasteiger partial charge in [-0.05, 0) is 38.2 Å². The molecule has 2 saturated heterocycles. The highest BCUT2D eigenvalue weighted by Crippen LogP contribution is 2.34. The van der Waals surface area contributed by atoms with Gasteiger partial charge in [0.1, 0.15) is 0 Å². The molecule has 4 atom stereocenters. The van der Waals surface area contributed by atoms with Crippen LogP contribution in [-0.2, 0) is 11.3 Å². The predicted octanol–water partition coefficient (Wildman–Crippen LogP) is 0.975. The number of hydrogen-bond donors (Lipinski definition) is 2. The first-order chi connectivity index (χ1) is 9.31. The van der Waals surface area contributed by atoms with E-state index in [9.17, 15) is 4.79 Å². The molecule has 0 saturated carbocycles. The molecule has 0 aliphatic carbocycles. The summed E-state index contributed by atoms with van der Waals surface area (Å²) in [6, 6.07) is 3.18. The Morgan fingerprint density at radius 2 is 2.37 bits per heavy atom. The first-order valence-electron chi connectivity index (χ1n) is 7.39. The van der Waals surface area contributed by atoms with E-state index in [1.54, 1.807) is 0 Å². The average Bonchev–Trinajstić information content (AvgIpc) is 3.14. The topological polar surface area (TPSA) is 59.0 Å². The van der Waals surface area contributed by atoms with E-state index in [4.69, 9.17) is 0 Å². The summed E-state index contributed by atoms with van der Waals surface area (Å²) in [4.78, 5) is 12.5. The fourth-order valence-corrected chi connectivity index (χ4v) is 3.96. The molecule has 102 valence electrons. The molecule has 4 heterocycles. The number of fused-ring (bicyclic) bond motifs is 3. The van der Waals surface area contributed by atoms with Gasteiger partial charge in [0.25, 0.3) is 0 Å². The zero-order valence-electron chi connectivity index (χ0n) is 11.0. The smallest absolute Gasteiger partial charge is 0.225 e. The van der Waals surface area contributed by atoms with Crippen molar-refractivity contribution >= 4 is 5.91 Å². The number of rotatable bonds is 2. The van der Waals surface area contributed by atoms with E-state index >= 15 is 0 Å². The SMILES string of the molecule is O=C(N[C@@H]1CCCn2nccc21)C1CC2CCC1N2. The van der Waals surface area contributed by atoms with E-state index in [1.165, 1.54) is 6.42 Å². The molecule has 0 aromatic carbocycles. The summed E-state index contributed by atoms with van der Waals surface area (Å²) in [6.07, 6.45) is 7.37. The maximum atomic E-state index is 12.5. The molecule has 1 amide bonds. The molecule has 5 nitrogen and oxygen atoms in total. The molecule has 4 rings (SSSR count). The third kappa shape index (κ3) is 1.87. The minimum absolute atomic E-state index is 0.155. The highest BCUT2D eigenvalue weighted by atomic mass is 16.2. The maximum Gasteiger partial charge on any atom is 0.225 e. The van der Waals surface area contributed by atoms with Gasteiger partial charge < -0.3 is 10.6 Å². The number of nitrogens with zero attached hydrogens (tertiary/aromatic N) is 2. The molecular formula is C14H20N4O. The van der Waals surface area contributed by atoms with Crippen LogP contribution in [0.2, 0.25) is 0 Å². The van der Waals surface area contributed by atoms with Crippen LogP contribution in [0.3, 0.4) is 0 Å². The molecule has 3 aliphatic heterocycles. The van der Waals surface area contributed by atoms with Crippen molar-refractivity contribution in [1.29, 1.82) is 0 Å². The molecule has 1 aromatic rings. The van der Waals surface area contributed by atoms with E-state index < -0.39 is 0 Å². The Labute approximate surface area is 112 Å². The zero-order chi connectivity index (χ0) is 12.8. The molecular weight excluding hydrogens is 240 g/mol. The summed E-state index contributed by atoms with van der Waals surface area (Å²) in [5.41, 5.74) is 1.16. The lowest BCUT2D eigenvalue weighted by atomic mass is 9.88. The monoisotopic (exact) mass is 260 g/mol. The Balaban J connectivity index is 1.46. The lowest BCUT2D eigenvalue weighted by Crippen LogP contribution is -2.40. The minimum Gasteiger partial charge on any atom is -0.347 e. The second kappa shape index (κ2) is 4.34. The number of aryl methyl sites for hydroxylation is 1.